The molecule has 1 aromatic heterocycles. The van der Waals surface area contributed by atoms with Gasteiger partial charge in [0.1, 0.15) is 11.6 Å². The molecular formula is C24H23F2N3O2. The Labute approximate surface area is 178 Å². The number of carbonyl (C=O) groups is 2. The van der Waals surface area contributed by atoms with Gasteiger partial charge >= 0.3 is 0 Å². The number of fused-ring (bicyclic) bond motifs is 1. The SMILES string of the molecule is O=C(C1CC(=O)N(c2cc(F)cc(F)c2)C1)N1CCC(c2cc3ccccc3[nH]2)CC1. The summed E-state index contributed by atoms with van der Waals surface area (Å²) in [6.45, 7) is 1.43. The van der Waals surface area contributed by atoms with Gasteiger partial charge in [0.15, 0.2) is 0 Å². The van der Waals surface area contributed by atoms with Crippen molar-refractivity contribution in [2.24, 2.45) is 5.92 Å². The molecule has 7 heteroatoms. The van der Waals surface area contributed by atoms with E-state index in [2.05, 4.69) is 23.2 Å². The first-order valence-electron chi connectivity index (χ1n) is 10.6. The number of nitrogens with one attached hydrogen (secondary N) is 1. The highest BCUT2D eigenvalue weighted by molar-refractivity contribution is 6.00. The van der Waals surface area contributed by atoms with Gasteiger partial charge < -0.3 is 14.8 Å². The number of aromatic amines is 1. The van der Waals surface area contributed by atoms with Gasteiger partial charge in [-0.3, -0.25) is 9.59 Å². The van der Waals surface area contributed by atoms with Crippen LogP contribution in [0.15, 0.2) is 48.5 Å². The molecule has 31 heavy (non-hydrogen) atoms. The number of piperidine rings is 1. The number of likely N-dealkylation sites (tertiary alicyclic amines) is 1. The highest BCUT2D eigenvalue weighted by Crippen LogP contribution is 2.32. The maximum atomic E-state index is 13.5. The molecule has 5 rings (SSSR count). The summed E-state index contributed by atoms with van der Waals surface area (Å²) in [4.78, 5) is 32.1. The molecule has 160 valence electrons. The van der Waals surface area contributed by atoms with E-state index in [4.69, 9.17) is 0 Å². The van der Waals surface area contributed by atoms with Crippen molar-refractivity contribution in [3.63, 3.8) is 0 Å². The average molecular weight is 423 g/mol. The van der Waals surface area contributed by atoms with Crippen LogP contribution in [-0.2, 0) is 9.59 Å². The molecule has 0 bridgehead atoms. The van der Waals surface area contributed by atoms with Crippen LogP contribution in [0.5, 0.6) is 0 Å². The van der Waals surface area contributed by atoms with Crippen LogP contribution in [-0.4, -0.2) is 41.3 Å². The van der Waals surface area contributed by atoms with Crippen molar-refractivity contribution in [2.75, 3.05) is 24.5 Å². The van der Waals surface area contributed by atoms with Crippen molar-refractivity contribution in [1.82, 2.24) is 9.88 Å². The molecule has 3 heterocycles. The summed E-state index contributed by atoms with van der Waals surface area (Å²) in [5.74, 6) is -1.93. The number of benzene rings is 2. The van der Waals surface area contributed by atoms with Gasteiger partial charge in [0, 0.05) is 54.9 Å². The minimum absolute atomic E-state index is 0.0529. The highest BCUT2D eigenvalue weighted by atomic mass is 19.1. The maximum absolute atomic E-state index is 13.5. The van der Waals surface area contributed by atoms with Crippen LogP contribution < -0.4 is 4.90 Å². The Bertz CT molecular complexity index is 1100. The third-order valence-electron chi connectivity index (χ3n) is 6.43. The highest BCUT2D eigenvalue weighted by Gasteiger charge is 2.38. The van der Waals surface area contributed by atoms with Crippen LogP contribution in [0, 0.1) is 17.6 Å². The summed E-state index contributed by atoms with van der Waals surface area (Å²) < 4.78 is 27.1. The maximum Gasteiger partial charge on any atom is 0.228 e. The van der Waals surface area contributed by atoms with Crippen LogP contribution in [0.2, 0.25) is 0 Å². The number of carbonyl (C=O) groups excluding carboxylic acids is 2. The summed E-state index contributed by atoms with van der Waals surface area (Å²) in [7, 11) is 0. The van der Waals surface area contributed by atoms with E-state index in [9.17, 15) is 18.4 Å². The summed E-state index contributed by atoms with van der Waals surface area (Å²) in [5, 5.41) is 1.19. The lowest BCUT2D eigenvalue weighted by Crippen LogP contribution is -2.42. The summed E-state index contributed by atoms with van der Waals surface area (Å²) in [6.07, 6.45) is 1.79. The topological polar surface area (TPSA) is 56.4 Å². The third kappa shape index (κ3) is 3.80. The summed E-state index contributed by atoms with van der Waals surface area (Å²) in [5.41, 5.74) is 2.48. The fourth-order valence-electron chi connectivity index (χ4n) is 4.80. The Morgan fingerprint density at radius 1 is 1.00 bits per heavy atom. The van der Waals surface area contributed by atoms with E-state index in [1.807, 2.05) is 17.0 Å². The molecule has 2 amide bonds. The van der Waals surface area contributed by atoms with Gasteiger partial charge in [0.2, 0.25) is 11.8 Å². The zero-order chi connectivity index (χ0) is 21.5. The van der Waals surface area contributed by atoms with Gasteiger partial charge in [0.25, 0.3) is 0 Å². The van der Waals surface area contributed by atoms with Crippen molar-refractivity contribution in [3.8, 4) is 0 Å². The van der Waals surface area contributed by atoms with Crippen molar-refractivity contribution in [2.45, 2.75) is 25.2 Å². The van der Waals surface area contributed by atoms with E-state index in [0.717, 1.165) is 36.6 Å². The molecule has 2 fully saturated rings. The Kier molecular flexibility index (Phi) is 4.96. The van der Waals surface area contributed by atoms with E-state index < -0.39 is 17.6 Å². The van der Waals surface area contributed by atoms with Crippen molar-refractivity contribution in [3.05, 3.63) is 65.9 Å². The van der Waals surface area contributed by atoms with E-state index in [1.54, 1.807) is 0 Å². The first-order chi connectivity index (χ1) is 15.0. The second-order valence-electron chi connectivity index (χ2n) is 8.44. The lowest BCUT2D eigenvalue weighted by atomic mass is 9.92. The quantitative estimate of drug-likeness (QED) is 0.686. The fraction of sp³-hybridized carbons (Fsp3) is 0.333. The van der Waals surface area contributed by atoms with Crippen LogP contribution in [0.4, 0.5) is 14.5 Å². The number of rotatable bonds is 3. The standard InChI is InChI=1S/C24H23F2N3O2/c25-18-11-19(26)13-20(12-18)29-14-17(10-23(29)30)24(31)28-7-5-15(6-8-28)22-9-16-3-1-2-4-21(16)27-22/h1-4,9,11-13,15,17,27H,5-8,10,14H2. The van der Waals surface area contributed by atoms with Crippen LogP contribution in [0.1, 0.15) is 30.9 Å². The van der Waals surface area contributed by atoms with Gasteiger partial charge in [-0.15, -0.1) is 0 Å². The van der Waals surface area contributed by atoms with E-state index >= 15 is 0 Å². The largest absolute Gasteiger partial charge is 0.358 e. The number of para-hydroxylation sites is 1. The molecule has 0 spiro atoms. The molecule has 2 aliphatic heterocycles. The molecule has 5 nitrogen and oxygen atoms in total. The first-order valence-corrected chi connectivity index (χ1v) is 10.6. The fourth-order valence-corrected chi connectivity index (χ4v) is 4.80. The summed E-state index contributed by atoms with van der Waals surface area (Å²) >= 11 is 0. The number of H-pyrrole nitrogens is 1. The molecule has 3 aromatic rings. The molecule has 1 N–H and O–H groups in total. The van der Waals surface area contributed by atoms with Gasteiger partial charge in [0.05, 0.1) is 5.92 Å². The van der Waals surface area contributed by atoms with E-state index in [1.165, 1.54) is 16.0 Å². The molecule has 2 aromatic carbocycles. The Balaban J connectivity index is 1.23. The number of hydrogen-bond donors (Lipinski definition) is 1. The van der Waals surface area contributed by atoms with Gasteiger partial charge in [-0.2, -0.15) is 0 Å². The second kappa shape index (κ2) is 7.80. The van der Waals surface area contributed by atoms with Crippen molar-refractivity contribution < 1.29 is 18.4 Å². The molecule has 1 atom stereocenters. The zero-order valence-electron chi connectivity index (χ0n) is 17.0. The molecular weight excluding hydrogens is 400 g/mol. The smallest absolute Gasteiger partial charge is 0.228 e. The monoisotopic (exact) mass is 423 g/mol. The molecule has 2 saturated heterocycles. The predicted octanol–water partition coefficient (Wildman–Crippen LogP) is 4.21. The Morgan fingerprint density at radius 2 is 1.71 bits per heavy atom. The number of aromatic nitrogens is 1. The normalized spacial score (nSPS) is 20.1. The molecule has 0 aliphatic carbocycles. The lowest BCUT2D eigenvalue weighted by Gasteiger charge is -2.33. The average Bonchev–Trinajstić information content (AvgIpc) is 3.36. The minimum Gasteiger partial charge on any atom is -0.358 e. The number of amides is 2. The van der Waals surface area contributed by atoms with Crippen molar-refractivity contribution >= 4 is 28.4 Å². The Hall–Kier alpha value is -3.22. The van der Waals surface area contributed by atoms with Crippen LogP contribution in [0.3, 0.4) is 0 Å². The van der Waals surface area contributed by atoms with Gasteiger partial charge in [-0.25, -0.2) is 8.78 Å². The van der Waals surface area contributed by atoms with Gasteiger partial charge in [-0.1, -0.05) is 18.2 Å². The summed E-state index contributed by atoms with van der Waals surface area (Å²) in [6, 6.07) is 13.4. The van der Waals surface area contributed by atoms with Crippen LogP contribution in [0.25, 0.3) is 10.9 Å². The molecule has 2 aliphatic rings. The number of anilines is 1. The number of hydrogen-bond acceptors (Lipinski definition) is 2. The zero-order valence-corrected chi connectivity index (χ0v) is 17.0. The molecule has 0 saturated carbocycles. The van der Waals surface area contributed by atoms with E-state index in [0.29, 0.717) is 19.0 Å². The Morgan fingerprint density at radius 3 is 2.42 bits per heavy atom. The minimum atomic E-state index is -0.739. The number of nitrogens with zero attached hydrogens (tertiary/aromatic N) is 2. The lowest BCUT2D eigenvalue weighted by molar-refractivity contribution is -0.136. The van der Waals surface area contributed by atoms with E-state index in [-0.39, 0.29) is 30.5 Å². The van der Waals surface area contributed by atoms with Gasteiger partial charge in [-0.05, 0) is 42.5 Å². The molecule has 0 radical (unpaired) electrons. The predicted molar refractivity (Wildman–Crippen MR) is 114 cm³/mol. The molecule has 1 unspecified atom stereocenters. The first kappa shape index (κ1) is 19.7. The van der Waals surface area contributed by atoms with Crippen LogP contribution >= 0.6 is 0 Å². The third-order valence-corrected chi connectivity index (χ3v) is 6.43. The number of halogens is 2. The second-order valence-corrected chi connectivity index (χ2v) is 8.44. The van der Waals surface area contributed by atoms with Crippen molar-refractivity contribution in [1.29, 1.82) is 0 Å².